The second-order valence-electron chi connectivity index (χ2n) is 18.6. The fraction of sp³-hybridized carbons (Fsp3) is 0.480. The van der Waals surface area contributed by atoms with Crippen LogP contribution in [0.15, 0.2) is 79.3 Å². The highest BCUT2D eigenvalue weighted by molar-refractivity contribution is 5.95. The average Bonchev–Trinajstić information content (AvgIpc) is 4.02. The summed E-state index contributed by atoms with van der Waals surface area (Å²) < 4.78 is 3.65. The van der Waals surface area contributed by atoms with Gasteiger partial charge in [-0.05, 0) is 53.6 Å². The molecule has 5 aliphatic rings. The van der Waals surface area contributed by atoms with Crippen LogP contribution < -0.4 is 21.3 Å². The van der Waals surface area contributed by atoms with Crippen LogP contribution in [0.2, 0.25) is 0 Å². The van der Waals surface area contributed by atoms with Crippen molar-refractivity contribution in [2.45, 2.75) is 57.5 Å². The summed E-state index contributed by atoms with van der Waals surface area (Å²) in [4.78, 5) is 68.0. The first-order valence-electron chi connectivity index (χ1n) is 24.2. The Bertz CT molecular complexity index is 2570. The number of nitrogens with one attached hydrogen (secondary N) is 4. The van der Waals surface area contributed by atoms with Crippen LogP contribution >= 0.6 is 0 Å². The van der Waals surface area contributed by atoms with Crippen LogP contribution in [-0.4, -0.2) is 176 Å². The van der Waals surface area contributed by atoms with E-state index >= 15 is 0 Å². The number of aryl methyl sites for hydroxylation is 1. The number of piperazine rings is 2. The molecular weight excluding hydrogens is 865 g/mol. The minimum Gasteiger partial charge on any atom is -0.390 e. The minimum atomic E-state index is -0.672. The molecule has 5 aliphatic heterocycles. The van der Waals surface area contributed by atoms with Crippen molar-refractivity contribution in [1.29, 1.82) is 0 Å². The van der Waals surface area contributed by atoms with E-state index in [9.17, 15) is 29.4 Å². The van der Waals surface area contributed by atoms with Crippen LogP contribution in [0, 0.1) is 5.92 Å². The van der Waals surface area contributed by atoms with Crippen LogP contribution in [0.25, 0.3) is 5.65 Å². The Labute approximate surface area is 396 Å². The number of benzene rings is 2. The molecule has 5 aromatic rings. The number of nitrogens with zero attached hydrogens (tertiary/aromatic N) is 8. The predicted octanol–water partition coefficient (Wildman–Crippen LogP) is 0.555. The number of amides is 4. The molecule has 0 bridgehead atoms. The lowest BCUT2D eigenvalue weighted by molar-refractivity contribution is -0.137. The van der Waals surface area contributed by atoms with E-state index < -0.39 is 12.2 Å². The van der Waals surface area contributed by atoms with Crippen LogP contribution in [0.4, 0.5) is 0 Å². The van der Waals surface area contributed by atoms with Crippen molar-refractivity contribution < 1.29 is 29.4 Å². The van der Waals surface area contributed by atoms with Crippen LogP contribution in [-0.2, 0) is 43.7 Å². The van der Waals surface area contributed by atoms with Crippen molar-refractivity contribution in [3.05, 3.63) is 124 Å². The zero-order chi connectivity index (χ0) is 47.0. The number of hydrogen-bond acceptors (Lipinski definition) is 12. The smallest absolute Gasteiger partial charge is 0.271 e. The summed E-state index contributed by atoms with van der Waals surface area (Å²) in [5.41, 5.74) is 7.11. The number of carbonyl (C=O) groups excluding carboxylic acids is 4. The predicted molar refractivity (Wildman–Crippen MR) is 255 cm³/mol. The normalized spacial score (nSPS) is 19.4. The molecule has 10 rings (SSSR count). The van der Waals surface area contributed by atoms with Crippen molar-refractivity contribution in [1.82, 2.24) is 59.8 Å². The van der Waals surface area contributed by atoms with Crippen molar-refractivity contribution in [2.75, 3.05) is 91.6 Å². The first-order valence-corrected chi connectivity index (χ1v) is 24.2. The Morgan fingerprint density at radius 1 is 0.632 bits per heavy atom. The van der Waals surface area contributed by atoms with Crippen LogP contribution in [0.1, 0.15) is 65.8 Å². The van der Waals surface area contributed by atoms with Gasteiger partial charge in [0.05, 0.1) is 23.7 Å². The van der Waals surface area contributed by atoms with Crippen molar-refractivity contribution >= 4 is 29.3 Å². The molecule has 1 unspecified atom stereocenters. The molecule has 2 fully saturated rings. The van der Waals surface area contributed by atoms with Gasteiger partial charge in [-0.3, -0.25) is 29.0 Å². The lowest BCUT2D eigenvalue weighted by atomic mass is 9.97. The number of aliphatic hydroxyl groups is 2. The zero-order valence-corrected chi connectivity index (χ0v) is 38.7. The summed E-state index contributed by atoms with van der Waals surface area (Å²) in [7, 11) is 0. The molecular formula is C50H64N12O6. The molecule has 3 aromatic heterocycles. The summed E-state index contributed by atoms with van der Waals surface area (Å²) in [6.45, 7) is 11.5. The molecule has 8 heterocycles. The van der Waals surface area contributed by atoms with Gasteiger partial charge in [-0.15, -0.1) is 0 Å². The van der Waals surface area contributed by atoms with E-state index in [-0.39, 0.29) is 48.3 Å². The first-order chi connectivity index (χ1) is 33.1. The third-order valence-electron chi connectivity index (χ3n) is 13.7. The Morgan fingerprint density at radius 3 is 1.76 bits per heavy atom. The molecule has 3 atom stereocenters. The molecule has 6 N–H and O–H groups in total. The quantitative estimate of drug-likeness (QED) is 0.102. The molecule has 0 spiro atoms. The molecule has 18 heteroatoms. The number of pyridine rings is 1. The lowest BCUT2D eigenvalue weighted by Crippen LogP contribution is -2.49. The van der Waals surface area contributed by atoms with E-state index in [1.54, 1.807) is 35.1 Å². The number of imidazole rings is 2. The van der Waals surface area contributed by atoms with Gasteiger partial charge in [0.25, 0.3) is 17.7 Å². The van der Waals surface area contributed by atoms with Gasteiger partial charge in [0.1, 0.15) is 22.9 Å². The topological polar surface area (TPSA) is 205 Å². The summed E-state index contributed by atoms with van der Waals surface area (Å²) >= 11 is 0. The largest absolute Gasteiger partial charge is 0.390 e. The van der Waals surface area contributed by atoms with Gasteiger partial charge in [0, 0.05) is 136 Å². The summed E-state index contributed by atoms with van der Waals surface area (Å²) in [6, 6.07) is 20.3. The number of β-amino-alcohol motifs (C(OH)–C–C–N with tert-alkyl or cyclic N) is 2. The van der Waals surface area contributed by atoms with E-state index in [2.05, 4.69) is 77.4 Å². The average molecular weight is 929 g/mol. The van der Waals surface area contributed by atoms with Crippen LogP contribution in [0.5, 0.6) is 0 Å². The Kier molecular flexibility index (Phi) is 15.2. The number of fused-ring (bicyclic) bond motifs is 4. The monoisotopic (exact) mass is 929 g/mol. The van der Waals surface area contributed by atoms with Gasteiger partial charge in [-0.2, -0.15) is 0 Å². The summed E-state index contributed by atoms with van der Waals surface area (Å²) in [5, 5.41) is 33.1. The Hall–Kier alpha value is -6.02. The molecule has 4 amide bonds. The van der Waals surface area contributed by atoms with Gasteiger partial charge < -0.3 is 50.2 Å². The van der Waals surface area contributed by atoms with E-state index in [1.807, 2.05) is 26.5 Å². The molecule has 2 aromatic carbocycles. The maximum absolute atomic E-state index is 12.9. The maximum atomic E-state index is 12.9. The Morgan fingerprint density at radius 2 is 1.18 bits per heavy atom. The first kappa shape index (κ1) is 47.1. The van der Waals surface area contributed by atoms with E-state index in [0.29, 0.717) is 56.0 Å². The number of carbonyl (C=O) groups is 4. The molecule has 360 valence electrons. The fourth-order valence-electron chi connectivity index (χ4n) is 9.92. The minimum absolute atomic E-state index is 0.0217. The van der Waals surface area contributed by atoms with Gasteiger partial charge in [0.2, 0.25) is 5.91 Å². The second-order valence-corrected chi connectivity index (χ2v) is 18.6. The zero-order valence-electron chi connectivity index (χ0n) is 38.7. The standard InChI is InChI=1S/C25H34N6O3.C25H30N6O3/c2*32-21(16-29-10-7-18-3-1-2-4-19(18)14-29)13-27-24(33)22-17-31-15-20(5-6-23(31)28-22)25(34)30-11-8-26-9-12-30/h1-4,17,20-21,26,32H,5-16H2,(H,27,33);1-6,15,17,21,26,32H,7-14,16H2,(H,27,33)/t20?,21-;21-/m00/s1. The molecule has 0 radical (unpaired) electrons. The van der Waals surface area contributed by atoms with E-state index in [4.69, 9.17) is 0 Å². The van der Waals surface area contributed by atoms with Crippen molar-refractivity contribution in [3.8, 4) is 0 Å². The molecule has 2 saturated heterocycles. The SMILES string of the molecule is O=C(NC[C@H](O)CN1CCc2ccccc2C1)c1cn2c(n1)CCC(C(=O)N1CCNCC1)C2.O=C(NC[C@H](O)CN1CCc2ccccc2C1)c1cn2cc(C(=O)N3CCNCC3)ccc2n1. The number of aliphatic hydroxyl groups excluding tert-OH is 2. The lowest BCUT2D eigenvalue weighted by Gasteiger charge is -2.32. The van der Waals surface area contributed by atoms with Gasteiger partial charge >= 0.3 is 0 Å². The van der Waals surface area contributed by atoms with Gasteiger partial charge in [0.15, 0.2) is 0 Å². The third kappa shape index (κ3) is 11.6. The number of aromatic nitrogens is 4. The highest BCUT2D eigenvalue weighted by atomic mass is 16.3. The van der Waals surface area contributed by atoms with Gasteiger partial charge in [-0.1, -0.05) is 48.5 Å². The highest BCUT2D eigenvalue weighted by Crippen LogP contribution is 2.23. The molecule has 0 saturated carbocycles. The maximum Gasteiger partial charge on any atom is 0.271 e. The highest BCUT2D eigenvalue weighted by Gasteiger charge is 2.31. The van der Waals surface area contributed by atoms with Gasteiger partial charge in [-0.25, -0.2) is 9.97 Å². The van der Waals surface area contributed by atoms with Crippen molar-refractivity contribution in [2.24, 2.45) is 5.92 Å². The van der Waals surface area contributed by atoms with Crippen LogP contribution in [0.3, 0.4) is 0 Å². The van der Waals surface area contributed by atoms with E-state index in [1.165, 1.54) is 22.3 Å². The number of hydrogen-bond donors (Lipinski definition) is 6. The summed E-state index contributed by atoms with van der Waals surface area (Å²) in [5.74, 6) is 0.341. The second kappa shape index (κ2) is 21.9. The Balaban J connectivity index is 0.000000170. The van der Waals surface area contributed by atoms with E-state index in [0.717, 1.165) is 90.5 Å². The van der Waals surface area contributed by atoms with Crippen molar-refractivity contribution in [3.63, 3.8) is 0 Å². The molecule has 0 aliphatic carbocycles. The number of rotatable bonds is 12. The molecule has 68 heavy (non-hydrogen) atoms. The third-order valence-corrected chi connectivity index (χ3v) is 13.7. The molecule has 18 nitrogen and oxygen atoms in total. The fourth-order valence-corrected chi connectivity index (χ4v) is 9.92. The summed E-state index contributed by atoms with van der Waals surface area (Å²) in [6.07, 6.45) is 7.16.